The minimum atomic E-state index is -0.723. The molecule has 4 rings (SSSR count). The van der Waals surface area contributed by atoms with Crippen molar-refractivity contribution >= 4 is 12.3 Å². The van der Waals surface area contributed by atoms with Crippen LogP contribution in [0.1, 0.15) is 107 Å². The number of rotatable bonds is 4. The van der Waals surface area contributed by atoms with Gasteiger partial charge < -0.3 is 9.90 Å². The van der Waals surface area contributed by atoms with Crippen LogP contribution in [0.25, 0.3) is 0 Å². The van der Waals surface area contributed by atoms with Gasteiger partial charge in [0, 0.05) is 5.41 Å². The first-order valence-corrected chi connectivity index (χ1v) is 13.5. The number of allylic oxidation sites excluding steroid dienone is 2. The van der Waals surface area contributed by atoms with Crippen molar-refractivity contribution in [3.8, 4) is 0 Å². The maximum Gasteiger partial charge on any atom is 0.303 e. The fraction of sp³-hybridized carbons (Fsp3) is 0.867. The molecule has 186 valence electrons. The molecule has 0 aromatic carbocycles. The number of aliphatic carboxylic acids is 1. The molecule has 1 N–H and O–H groups in total. The largest absolute Gasteiger partial charge is 0.481 e. The lowest BCUT2D eigenvalue weighted by atomic mass is 9.34. The van der Waals surface area contributed by atoms with Gasteiger partial charge >= 0.3 is 5.97 Å². The van der Waals surface area contributed by atoms with Crippen LogP contribution in [0.3, 0.4) is 0 Å². The first-order valence-electron chi connectivity index (χ1n) is 13.5. The minimum Gasteiger partial charge on any atom is -0.481 e. The summed E-state index contributed by atoms with van der Waals surface area (Å²) in [6.45, 7) is 18.8. The monoisotopic (exact) mass is 456 g/mol. The fourth-order valence-electron chi connectivity index (χ4n) is 10.1. The highest BCUT2D eigenvalue weighted by atomic mass is 16.4. The van der Waals surface area contributed by atoms with E-state index in [0.29, 0.717) is 17.3 Å². The maximum absolute atomic E-state index is 12.2. The van der Waals surface area contributed by atoms with Gasteiger partial charge in [0.15, 0.2) is 0 Å². The summed E-state index contributed by atoms with van der Waals surface area (Å²) in [6, 6.07) is 0. The average Bonchev–Trinajstić information content (AvgIpc) is 2.71. The van der Waals surface area contributed by atoms with Crippen molar-refractivity contribution < 1.29 is 14.7 Å². The molecule has 0 heterocycles. The summed E-state index contributed by atoms with van der Waals surface area (Å²) in [4.78, 5) is 24.3. The summed E-state index contributed by atoms with van der Waals surface area (Å²) in [5.41, 5.74) is 1.40. The quantitative estimate of drug-likeness (QED) is 0.351. The smallest absolute Gasteiger partial charge is 0.303 e. The summed E-state index contributed by atoms with van der Waals surface area (Å²) in [7, 11) is 0. The molecule has 0 spiro atoms. The zero-order valence-corrected chi connectivity index (χ0v) is 22.5. The molecule has 3 heteroatoms. The van der Waals surface area contributed by atoms with Gasteiger partial charge in [-0.3, -0.25) is 4.79 Å². The standard InChI is InChI=1S/C30H48O3/c1-19-11-13-27(5)15-16-29(7)21(25(27)20(19)2)9-10-23-28(6,17-24(32)33)22(26(3,4)18-31)12-14-30(23,29)8/h9,18-20,22-23,25H,10-17H2,1-8H3,(H,32,33)/t19-,20+,22?,23-,25+,27-,28+,29-,30-/m1/s1. The van der Waals surface area contributed by atoms with Gasteiger partial charge in [-0.15, -0.1) is 0 Å². The summed E-state index contributed by atoms with van der Waals surface area (Å²) >= 11 is 0. The van der Waals surface area contributed by atoms with Gasteiger partial charge in [0.2, 0.25) is 0 Å². The van der Waals surface area contributed by atoms with Gasteiger partial charge in [0.1, 0.15) is 6.29 Å². The first-order chi connectivity index (χ1) is 15.2. The number of carbonyl (C=O) groups is 2. The summed E-state index contributed by atoms with van der Waals surface area (Å²) in [5, 5.41) is 10.0. The van der Waals surface area contributed by atoms with Crippen LogP contribution in [0.2, 0.25) is 0 Å². The Morgan fingerprint density at radius 1 is 1.09 bits per heavy atom. The van der Waals surface area contributed by atoms with Gasteiger partial charge in [-0.2, -0.15) is 0 Å². The second-order valence-corrected chi connectivity index (χ2v) is 14.3. The third-order valence-corrected chi connectivity index (χ3v) is 12.4. The summed E-state index contributed by atoms with van der Waals surface area (Å²) in [5.74, 6) is 1.77. The molecule has 0 aromatic rings. The van der Waals surface area contributed by atoms with Crippen LogP contribution in [0.15, 0.2) is 11.6 Å². The van der Waals surface area contributed by atoms with Crippen molar-refractivity contribution in [1.82, 2.24) is 0 Å². The van der Waals surface area contributed by atoms with Gasteiger partial charge in [-0.1, -0.05) is 67.0 Å². The third kappa shape index (κ3) is 3.33. The number of carbonyl (C=O) groups excluding carboxylic acids is 1. The van der Waals surface area contributed by atoms with E-state index in [9.17, 15) is 14.7 Å². The molecule has 3 saturated carbocycles. The van der Waals surface area contributed by atoms with Crippen molar-refractivity contribution in [2.75, 3.05) is 0 Å². The topological polar surface area (TPSA) is 54.4 Å². The molecule has 0 aliphatic heterocycles. The highest BCUT2D eigenvalue weighted by molar-refractivity contribution is 5.68. The van der Waals surface area contributed by atoms with Crippen LogP contribution < -0.4 is 0 Å². The van der Waals surface area contributed by atoms with E-state index < -0.39 is 11.4 Å². The predicted molar refractivity (Wildman–Crippen MR) is 134 cm³/mol. The zero-order valence-electron chi connectivity index (χ0n) is 22.5. The van der Waals surface area contributed by atoms with Crippen LogP contribution in [0, 0.1) is 56.7 Å². The van der Waals surface area contributed by atoms with E-state index in [-0.39, 0.29) is 34.5 Å². The van der Waals surface area contributed by atoms with Crippen LogP contribution in [-0.4, -0.2) is 17.4 Å². The molecule has 9 atom stereocenters. The van der Waals surface area contributed by atoms with E-state index in [2.05, 4.69) is 47.6 Å². The molecule has 0 amide bonds. The SMILES string of the molecule is C[C@H]1[C@H](C)CC[C@]2(C)CC[C@]3(C)C(=CC[C@@H]4[C@@](C)(CC(=O)O)C(C(C)(C)C=O)CC[C@]43C)[C@H]12. The Balaban J connectivity index is 1.84. The Morgan fingerprint density at radius 2 is 1.76 bits per heavy atom. The fourth-order valence-corrected chi connectivity index (χ4v) is 10.1. The molecule has 3 fully saturated rings. The molecule has 0 saturated heterocycles. The predicted octanol–water partition coefficient (Wildman–Crippen LogP) is 7.54. The van der Waals surface area contributed by atoms with E-state index in [1.165, 1.54) is 25.7 Å². The molecule has 4 aliphatic rings. The van der Waals surface area contributed by atoms with Crippen molar-refractivity contribution in [2.45, 2.75) is 107 Å². The van der Waals surface area contributed by atoms with Crippen molar-refractivity contribution in [2.24, 2.45) is 56.7 Å². The van der Waals surface area contributed by atoms with Gasteiger partial charge in [0.05, 0.1) is 6.42 Å². The second-order valence-electron chi connectivity index (χ2n) is 14.3. The molecular weight excluding hydrogens is 408 g/mol. The average molecular weight is 457 g/mol. The molecule has 3 nitrogen and oxygen atoms in total. The molecule has 0 bridgehead atoms. The van der Waals surface area contributed by atoms with Crippen LogP contribution >= 0.6 is 0 Å². The van der Waals surface area contributed by atoms with E-state index in [0.717, 1.165) is 31.5 Å². The lowest BCUT2D eigenvalue weighted by Crippen LogP contribution is -2.63. The van der Waals surface area contributed by atoms with Gasteiger partial charge in [0.25, 0.3) is 0 Å². The summed E-state index contributed by atoms with van der Waals surface area (Å²) in [6.07, 6.45) is 12.0. The molecular formula is C30H48O3. The Hall–Kier alpha value is -1.12. The normalized spacial score (nSPS) is 49.8. The molecule has 1 unspecified atom stereocenters. The van der Waals surface area contributed by atoms with E-state index in [4.69, 9.17) is 0 Å². The Morgan fingerprint density at radius 3 is 2.36 bits per heavy atom. The van der Waals surface area contributed by atoms with E-state index in [1.807, 2.05) is 13.8 Å². The lowest BCUT2D eigenvalue weighted by molar-refractivity contribution is -0.177. The van der Waals surface area contributed by atoms with Crippen molar-refractivity contribution in [3.63, 3.8) is 0 Å². The Bertz CT molecular complexity index is 857. The molecule has 4 aliphatic carbocycles. The molecule has 0 radical (unpaired) electrons. The van der Waals surface area contributed by atoms with E-state index >= 15 is 0 Å². The van der Waals surface area contributed by atoms with Crippen LogP contribution in [-0.2, 0) is 9.59 Å². The maximum atomic E-state index is 12.2. The zero-order chi connectivity index (χ0) is 24.6. The number of hydrogen-bond donors (Lipinski definition) is 1. The van der Waals surface area contributed by atoms with Crippen LogP contribution in [0.5, 0.6) is 0 Å². The van der Waals surface area contributed by atoms with Crippen molar-refractivity contribution in [3.05, 3.63) is 11.6 Å². The van der Waals surface area contributed by atoms with E-state index in [1.54, 1.807) is 5.57 Å². The number of hydrogen-bond acceptors (Lipinski definition) is 2. The number of fused-ring (bicyclic) bond motifs is 5. The number of carboxylic acids is 1. The Labute approximate surface area is 202 Å². The highest BCUT2D eigenvalue weighted by Crippen LogP contribution is 2.74. The Kier molecular flexibility index (Phi) is 5.82. The minimum absolute atomic E-state index is 0.0679. The lowest BCUT2D eigenvalue weighted by Gasteiger charge is -2.70. The highest BCUT2D eigenvalue weighted by Gasteiger charge is 2.67. The second kappa shape index (κ2) is 7.69. The van der Waals surface area contributed by atoms with Crippen LogP contribution in [0.4, 0.5) is 0 Å². The van der Waals surface area contributed by atoms with Crippen molar-refractivity contribution in [1.29, 1.82) is 0 Å². The molecule has 0 aromatic heterocycles. The van der Waals surface area contributed by atoms with Gasteiger partial charge in [-0.25, -0.2) is 0 Å². The number of carboxylic acid groups (broad SMARTS) is 1. The number of aldehydes is 1. The van der Waals surface area contributed by atoms with Gasteiger partial charge in [-0.05, 0) is 96.2 Å². The third-order valence-electron chi connectivity index (χ3n) is 12.4. The molecule has 33 heavy (non-hydrogen) atoms. The first kappa shape index (κ1) is 25.0. The summed E-state index contributed by atoms with van der Waals surface area (Å²) < 4.78 is 0.